The van der Waals surface area contributed by atoms with Crippen LogP contribution in [-0.2, 0) is 0 Å². The van der Waals surface area contributed by atoms with Crippen LogP contribution in [0.1, 0.15) is 0 Å². The van der Waals surface area contributed by atoms with Gasteiger partial charge in [-0.3, -0.25) is 0 Å². The van der Waals surface area contributed by atoms with E-state index in [2.05, 4.69) is 13.2 Å². The second-order valence-corrected chi connectivity index (χ2v) is 1.10. The molecule has 0 radical (unpaired) electrons. The van der Waals surface area contributed by atoms with Crippen molar-refractivity contribution in [1.29, 1.82) is 0 Å². The van der Waals surface area contributed by atoms with Gasteiger partial charge in [-0.05, 0) is 12.2 Å². The van der Waals surface area contributed by atoms with Crippen LogP contribution in [0.25, 0.3) is 0 Å². The second-order valence-electron chi connectivity index (χ2n) is 1.10. The fraction of sp³-hybridized carbons (Fsp3) is 0. The highest BCUT2D eigenvalue weighted by Crippen LogP contribution is 2.08. The average Bonchev–Trinajstić information content (AvgIpc) is 1.84. The Kier molecular flexibility index (Phi) is 2.77. The topological polar surface area (TPSA) is 0 Å². The third-order valence-corrected chi connectivity index (χ3v) is 0.587. The molecule has 0 aliphatic carbocycles. The zero-order chi connectivity index (χ0) is 6.57. The summed E-state index contributed by atoms with van der Waals surface area (Å²) in [5.74, 6) is -1.94. The van der Waals surface area contributed by atoms with Crippen LogP contribution >= 0.6 is 0 Å². The van der Waals surface area contributed by atoms with E-state index < -0.39 is 11.7 Å². The summed E-state index contributed by atoms with van der Waals surface area (Å²) < 4.78 is 23.7. The molecule has 0 amide bonds. The van der Waals surface area contributed by atoms with E-state index in [4.69, 9.17) is 0 Å². The van der Waals surface area contributed by atoms with Crippen molar-refractivity contribution in [3.8, 4) is 0 Å². The number of allylic oxidation sites excluding steroid dienone is 4. The van der Waals surface area contributed by atoms with Crippen LogP contribution in [0.15, 0.2) is 37.0 Å². The summed E-state index contributed by atoms with van der Waals surface area (Å²) in [6.45, 7) is 6.02. The number of hydrogen-bond donors (Lipinski definition) is 0. The molecule has 0 rings (SSSR count). The Hall–Kier alpha value is -0.920. The van der Waals surface area contributed by atoms with Gasteiger partial charge in [0.05, 0.1) is 0 Å². The fourth-order valence-corrected chi connectivity index (χ4v) is 0.195. The van der Waals surface area contributed by atoms with Gasteiger partial charge in [-0.15, -0.1) is 0 Å². The molecule has 0 atom stereocenters. The van der Waals surface area contributed by atoms with E-state index in [0.717, 1.165) is 12.2 Å². The molecule has 0 aliphatic heterocycles. The van der Waals surface area contributed by atoms with Gasteiger partial charge in [0, 0.05) is 0 Å². The molecule has 0 aromatic heterocycles. The van der Waals surface area contributed by atoms with Crippen molar-refractivity contribution in [2.45, 2.75) is 0 Å². The highest BCUT2D eigenvalue weighted by atomic mass is 19.2. The molecule has 0 aromatic rings. The molecular weight excluding hydrogens is 110 g/mol. The number of rotatable bonds is 2. The first-order valence-corrected chi connectivity index (χ1v) is 2.02. The van der Waals surface area contributed by atoms with E-state index >= 15 is 0 Å². The minimum absolute atomic E-state index is 0.789. The molecule has 44 valence electrons. The summed E-state index contributed by atoms with van der Waals surface area (Å²) >= 11 is 0. The second kappa shape index (κ2) is 3.13. The van der Waals surface area contributed by atoms with Gasteiger partial charge in [0.1, 0.15) is 0 Å². The Bertz CT molecular complexity index is 117. The first kappa shape index (κ1) is 7.08. The van der Waals surface area contributed by atoms with Crippen LogP contribution in [-0.4, -0.2) is 0 Å². The maximum absolute atomic E-state index is 11.8. The van der Waals surface area contributed by atoms with Gasteiger partial charge >= 0.3 is 0 Å². The van der Waals surface area contributed by atoms with Crippen molar-refractivity contribution >= 4 is 0 Å². The Balaban J connectivity index is 4.25. The average molecular weight is 116 g/mol. The predicted octanol–water partition coefficient (Wildman–Crippen LogP) is 2.51. The molecule has 0 spiro atoms. The van der Waals surface area contributed by atoms with Gasteiger partial charge in [0.2, 0.25) is 0 Å². The molecule has 0 heterocycles. The molecule has 0 unspecified atom stereocenters. The highest BCUT2D eigenvalue weighted by Gasteiger charge is 1.93. The lowest BCUT2D eigenvalue weighted by Gasteiger charge is -1.83. The molecule has 0 nitrogen and oxygen atoms in total. The highest BCUT2D eigenvalue weighted by molar-refractivity contribution is 5.19. The van der Waals surface area contributed by atoms with E-state index in [1.165, 1.54) is 0 Å². The minimum atomic E-state index is -0.972. The zero-order valence-corrected chi connectivity index (χ0v) is 4.32. The first-order chi connectivity index (χ1) is 3.72. The van der Waals surface area contributed by atoms with E-state index in [0.29, 0.717) is 0 Å². The van der Waals surface area contributed by atoms with Crippen molar-refractivity contribution < 1.29 is 8.78 Å². The lowest BCUT2D eigenvalue weighted by molar-refractivity contribution is 0.574. The molecule has 0 saturated carbocycles. The van der Waals surface area contributed by atoms with Crippen LogP contribution in [0, 0.1) is 0 Å². The summed E-state index contributed by atoms with van der Waals surface area (Å²) in [6, 6.07) is 0. The van der Waals surface area contributed by atoms with Crippen LogP contribution in [0.3, 0.4) is 0 Å². The molecule has 0 aliphatic rings. The summed E-state index contributed by atoms with van der Waals surface area (Å²) in [4.78, 5) is 0. The first-order valence-electron chi connectivity index (χ1n) is 2.02. The maximum atomic E-state index is 11.8. The fourth-order valence-electron chi connectivity index (χ4n) is 0.195. The SMILES string of the molecule is C=CC(F)=C(F)C=C. The Morgan fingerprint density at radius 2 is 1.25 bits per heavy atom. The number of hydrogen-bond acceptors (Lipinski definition) is 0. The van der Waals surface area contributed by atoms with Gasteiger partial charge in [-0.2, -0.15) is 0 Å². The zero-order valence-electron chi connectivity index (χ0n) is 4.32. The van der Waals surface area contributed by atoms with Crippen LogP contribution in [0.4, 0.5) is 8.78 Å². The van der Waals surface area contributed by atoms with Crippen molar-refractivity contribution in [1.82, 2.24) is 0 Å². The summed E-state index contributed by atoms with van der Waals surface area (Å²) in [5, 5.41) is 0. The maximum Gasteiger partial charge on any atom is 0.158 e. The van der Waals surface area contributed by atoms with Gasteiger partial charge < -0.3 is 0 Å². The Labute approximate surface area is 46.8 Å². The predicted molar refractivity (Wildman–Crippen MR) is 29.6 cm³/mol. The molecular formula is C6H6F2. The smallest absolute Gasteiger partial charge is 0.158 e. The third-order valence-electron chi connectivity index (χ3n) is 0.587. The summed E-state index contributed by atoms with van der Waals surface area (Å²) in [6.07, 6.45) is 1.58. The van der Waals surface area contributed by atoms with E-state index in [1.54, 1.807) is 0 Å². The van der Waals surface area contributed by atoms with Crippen LogP contribution in [0.5, 0.6) is 0 Å². The largest absolute Gasteiger partial charge is 0.204 e. The van der Waals surface area contributed by atoms with Gasteiger partial charge in [0.25, 0.3) is 0 Å². The minimum Gasteiger partial charge on any atom is -0.204 e. The van der Waals surface area contributed by atoms with Gasteiger partial charge in [0.15, 0.2) is 11.7 Å². The van der Waals surface area contributed by atoms with Crippen molar-refractivity contribution in [2.75, 3.05) is 0 Å². The quantitative estimate of drug-likeness (QED) is 0.486. The molecule has 0 saturated heterocycles. The molecule has 0 N–H and O–H groups in total. The third kappa shape index (κ3) is 1.69. The Morgan fingerprint density at radius 1 is 1.00 bits per heavy atom. The lowest BCUT2D eigenvalue weighted by Crippen LogP contribution is -1.67. The molecule has 0 fully saturated rings. The summed E-state index contributed by atoms with van der Waals surface area (Å²) in [5.41, 5.74) is 0. The lowest BCUT2D eigenvalue weighted by atomic mass is 10.4. The monoisotopic (exact) mass is 116 g/mol. The van der Waals surface area contributed by atoms with Crippen LogP contribution in [0.2, 0.25) is 0 Å². The summed E-state index contributed by atoms with van der Waals surface area (Å²) in [7, 11) is 0. The van der Waals surface area contributed by atoms with Crippen molar-refractivity contribution in [2.24, 2.45) is 0 Å². The molecule has 0 bridgehead atoms. The molecule has 2 heteroatoms. The van der Waals surface area contributed by atoms with E-state index in [1.807, 2.05) is 0 Å². The van der Waals surface area contributed by atoms with Gasteiger partial charge in [-0.25, -0.2) is 8.78 Å². The molecule has 0 aromatic carbocycles. The van der Waals surface area contributed by atoms with Crippen molar-refractivity contribution in [3.05, 3.63) is 37.0 Å². The number of halogens is 2. The Morgan fingerprint density at radius 3 is 1.38 bits per heavy atom. The van der Waals surface area contributed by atoms with Gasteiger partial charge in [-0.1, -0.05) is 13.2 Å². The molecule has 8 heavy (non-hydrogen) atoms. The standard InChI is InChI=1S/C6H6F2/c1-3-5(7)6(8)4-2/h3-4H,1-2H2. The van der Waals surface area contributed by atoms with E-state index in [9.17, 15) is 8.78 Å². The van der Waals surface area contributed by atoms with E-state index in [-0.39, 0.29) is 0 Å². The van der Waals surface area contributed by atoms with Crippen molar-refractivity contribution in [3.63, 3.8) is 0 Å². The van der Waals surface area contributed by atoms with Crippen LogP contribution < -0.4 is 0 Å². The normalized spacial score (nSPS) is 12.2.